The molecular weight excluding hydrogens is 251 g/mol. The fraction of sp³-hybridized carbons (Fsp3) is 0.278. The van der Waals surface area contributed by atoms with E-state index in [0.717, 1.165) is 29.5 Å². The van der Waals surface area contributed by atoms with E-state index >= 15 is 0 Å². The third kappa shape index (κ3) is 2.79. The summed E-state index contributed by atoms with van der Waals surface area (Å²) in [5.41, 5.74) is 4.18. The monoisotopic (exact) mass is 270 g/mol. The van der Waals surface area contributed by atoms with Gasteiger partial charge in [0.25, 0.3) is 0 Å². The number of hydrogen-bond donors (Lipinski definition) is 0. The SMILES string of the molecule is CCc1ccc(CC)c(C(=O)c2ccc(F)cc2C)c1. The standard InChI is InChI=1S/C18H19FO/c1-4-13-6-7-14(5-2)17(11-13)18(20)16-9-8-15(19)10-12(16)3/h6-11H,4-5H2,1-3H3. The minimum atomic E-state index is -0.308. The first-order valence-electron chi connectivity index (χ1n) is 6.99. The van der Waals surface area contributed by atoms with Gasteiger partial charge < -0.3 is 0 Å². The Labute approximate surface area is 119 Å². The van der Waals surface area contributed by atoms with Gasteiger partial charge in [0.15, 0.2) is 5.78 Å². The molecule has 2 aromatic carbocycles. The summed E-state index contributed by atoms with van der Waals surface area (Å²) in [6.45, 7) is 5.87. The van der Waals surface area contributed by atoms with Crippen LogP contribution < -0.4 is 0 Å². The van der Waals surface area contributed by atoms with Gasteiger partial charge >= 0.3 is 0 Å². The average Bonchev–Trinajstić information content (AvgIpc) is 2.46. The van der Waals surface area contributed by atoms with Crippen molar-refractivity contribution >= 4 is 5.78 Å². The zero-order valence-electron chi connectivity index (χ0n) is 12.2. The van der Waals surface area contributed by atoms with Crippen LogP contribution in [0.25, 0.3) is 0 Å². The molecule has 2 aromatic rings. The molecule has 0 radical (unpaired) electrons. The number of carbonyl (C=O) groups excluding carboxylic acids is 1. The zero-order chi connectivity index (χ0) is 14.7. The maximum Gasteiger partial charge on any atom is 0.193 e. The van der Waals surface area contributed by atoms with Crippen LogP contribution in [0.5, 0.6) is 0 Å². The second-order valence-corrected chi connectivity index (χ2v) is 4.99. The van der Waals surface area contributed by atoms with Crippen LogP contribution in [0.2, 0.25) is 0 Å². The lowest BCUT2D eigenvalue weighted by Gasteiger charge is -2.11. The Kier molecular flexibility index (Phi) is 4.33. The van der Waals surface area contributed by atoms with Crippen LogP contribution >= 0.6 is 0 Å². The van der Waals surface area contributed by atoms with Gasteiger partial charge in [-0.15, -0.1) is 0 Å². The Morgan fingerprint density at radius 2 is 1.75 bits per heavy atom. The van der Waals surface area contributed by atoms with Crippen molar-refractivity contribution in [2.75, 3.05) is 0 Å². The van der Waals surface area contributed by atoms with Crippen molar-refractivity contribution in [2.45, 2.75) is 33.6 Å². The molecule has 0 unspecified atom stereocenters. The lowest BCUT2D eigenvalue weighted by Crippen LogP contribution is -2.08. The fourth-order valence-corrected chi connectivity index (χ4v) is 2.39. The molecule has 104 valence electrons. The predicted molar refractivity (Wildman–Crippen MR) is 79.8 cm³/mol. The van der Waals surface area contributed by atoms with Crippen molar-refractivity contribution in [3.8, 4) is 0 Å². The highest BCUT2D eigenvalue weighted by molar-refractivity contribution is 6.10. The van der Waals surface area contributed by atoms with Gasteiger partial charge in [-0.3, -0.25) is 4.79 Å². The van der Waals surface area contributed by atoms with Crippen LogP contribution in [-0.4, -0.2) is 5.78 Å². The average molecular weight is 270 g/mol. The van der Waals surface area contributed by atoms with E-state index < -0.39 is 0 Å². The van der Waals surface area contributed by atoms with Crippen molar-refractivity contribution in [3.63, 3.8) is 0 Å². The highest BCUT2D eigenvalue weighted by Crippen LogP contribution is 2.20. The molecule has 0 atom stereocenters. The van der Waals surface area contributed by atoms with Gasteiger partial charge in [0.1, 0.15) is 5.82 Å². The summed E-state index contributed by atoms with van der Waals surface area (Å²) in [6.07, 6.45) is 1.71. The predicted octanol–water partition coefficient (Wildman–Crippen LogP) is 4.49. The molecule has 1 nitrogen and oxygen atoms in total. The Hall–Kier alpha value is -1.96. The molecule has 0 bridgehead atoms. The number of rotatable bonds is 4. The van der Waals surface area contributed by atoms with E-state index in [9.17, 15) is 9.18 Å². The molecule has 0 saturated carbocycles. The van der Waals surface area contributed by atoms with Crippen molar-refractivity contribution in [3.05, 3.63) is 70.0 Å². The largest absolute Gasteiger partial charge is 0.289 e. The van der Waals surface area contributed by atoms with Crippen LogP contribution in [-0.2, 0) is 12.8 Å². The third-order valence-electron chi connectivity index (χ3n) is 3.64. The normalized spacial score (nSPS) is 10.6. The fourth-order valence-electron chi connectivity index (χ4n) is 2.39. The van der Waals surface area contributed by atoms with Gasteiger partial charge in [-0.05, 0) is 60.7 Å². The molecule has 0 saturated heterocycles. The van der Waals surface area contributed by atoms with Crippen LogP contribution in [0.3, 0.4) is 0 Å². The van der Waals surface area contributed by atoms with Crippen molar-refractivity contribution in [1.82, 2.24) is 0 Å². The molecule has 2 rings (SSSR count). The van der Waals surface area contributed by atoms with E-state index in [-0.39, 0.29) is 11.6 Å². The molecule has 0 aliphatic rings. The van der Waals surface area contributed by atoms with Crippen LogP contribution in [0.1, 0.15) is 46.5 Å². The molecule has 0 spiro atoms. The van der Waals surface area contributed by atoms with Gasteiger partial charge in [0.05, 0.1) is 0 Å². The summed E-state index contributed by atoms with van der Waals surface area (Å²) in [5.74, 6) is -0.327. The van der Waals surface area contributed by atoms with Crippen molar-refractivity contribution in [1.29, 1.82) is 0 Å². The lowest BCUT2D eigenvalue weighted by atomic mass is 9.92. The van der Waals surface area contributed by atoms with Crippen LogP contribution in [0.4, 0.5) is 4.39 Å². The van der Waals surface area contributed by atoms with Crippen LogP contribution in [0.15, 0.2) is 36.4 Å². The molecular formula is C18H19FO. The Morgan fingerprint density at radius 1 is 1.00 bits per heavy atom. The molecule has 0 aromatic heterocycles. The van der Waals surface area contributed by atoms with Crippen LogP contribution in [0, 0.1) is 12.7 Å². The summed E-state index contributed by atoms with van der Waals surface area (Å²) < 4.78 is 13.2. The summed E-state index contributed by atoms with van der Waals surface area (Å²) in [4.78, 5) is 12.7. The van der Waals surface area contributed by atoms with Gasteiger partial charge in [-0.1, -0.05) is 26.0 Å². The van der Waals surface area contributed by atoms with Crippen molar-refractivity contribution in [2.24, 2.45) is 0 Å². The second kappa shape index (κ2) is 6.00. The highest BCUT2D eigenvalue weighted by atomic mass is 19.1. The number of halogens is 1. The number of carbonyl (C=O) groups is 1. The topological polar surface area (TPSA) is 17.1 Å². The van der Waals surface area contributed by atoms with Crippen molar-refractivity contribution < 1.29 is 9.18 Å². The Bertz CT molecular complexity index is 644. The smallest absolute Gasteiger partial charge is 0.193 e. The third-order valence-corrected chi connectivity index (χ3v) is 3.64. The Balaban J connectivity index is 2.51. The minimum absolute atomic E-state index is 0.0188. The van der Waals surface area contributed by atoms with Gasteiger partial charge in [-0.2, -0.15) is 0 Å². The summed E-state index contributed by atoms with van der Waals surface area (Å²) in [5, 5.41) is 0. The van der Waals surface area contributed by atoms with E-state index in [0.29, 0.717) is 11.1 Å². The minimum Gasteiger partial charge on any atom is -0.289 e. The van der Waals surface area contributed by atoms with E-state index in [1.165, 1.54) is 12.1 Å². The lowest BCUT2D eigenvalue weighted by molar-refractivity contribution is 0.103. The molecule has 0 amide bonds. The zero-order valence-corrected chi connectivity index (χ0v) is 12.2. The van der Waals surface area contributed by atoms with E-state index in [4.69, 9.17) is 0 Å². The maximum atomic E-state index is 13.2. The molecule has 0 aliphatic carbocycles. The summed E-state index contributed by atoms with van der Waals surface area (Å²) in [7, 11) is 0. The first kappa shape index (κ1) is 14.4. The van der Waals surface area contributed by atoms with E-state index in [1.54, 1.807) is 13.0 Å². The number of ketones is 1. The Morgan fingerprint density at radius 3 is 2.35 bits per heavy atom. The first-order chi connectivity index (χ1) is 9.56. The summed E-state index contributed by atoms with van der Waals surface area (Å²) >= 11 is 0. The molecule has 0 fully saturated rings. The van der Waals surface area contributed by atoms with Gasteiger partial charge in [0.2, 0.25) is 0 Å². The quantitative estimate of drug-likeness (QED) is 0.748. The molecule has 2 heteroatoms. The summed E-state index contributed by atoms with van der Waals surface area (Å²) in [6, 6.07) is 10.4. The molecule has 0 N–H and O–H groups in total. The first-order valence-corrected chi connectivity index (χ1v) is 6.99. The van der Waals surface area contributed by atoms with Gasteiger partial charge in [-0.25, -0.2) is 4.39 Å². The number of aryl methyl sites for hydroxylation is 3. The van der Waals surface area contributed by atoms with E-state index in [2.05, 4.69) is 13.0 Å². The molecule has 20 heavy (non-hydrogen) atoms. The van der Waals surface area contributed by atoms with Gasteiger partial charge in [0, 0.05) is 11.1 Å². The molecule has 0 aliphatic heterocycles. The second-order valence-electron chi connectivity index (χ2n) is 4.99. The maximum absolute atomic E-state index is 13.2. The van der Waals surface area contributed by atoms with E-state index in [1.807, 2.05) is 19.1 Å². The number of benzene rings is 2. The molecule has 0 heterocycles. The number of hydrogen-bond acceptors (Lipinski definition) is 1. The highest BCUT2D eigenvalue weighted by Gasteiger charge is 2.15.